The van der Waals surface area contributed by atoms with Gasteiger partial charge in [0.1, 0.15) is 5.75 Å². The molecule has 2 aromatic carbocycles. The van der Waals surface area contributed by atoms with Gasteiger partial charge < -0.3 is 10.1 Å². The number of ether oxygens (including phenoxy) is 1. The number of sulfonamides is 1. The Balaban J connectivity index is 1.85. The molecule has 0 heterocycles. The Hall–Kier alpha value is -2.54. The van der Waals surface area contributed by atoms with Crippen molar-refractivity contribution in [1.82, 2.24) is 10.0 Å². The normalized spacial score (nSPS) is 10.9. The standard InChI is InChI=1S/C17H20N2O4S/c1-13-3-9-16(10-4-13)24(21,22)19-17(20)18-12-11-14-5-7-15(23-2)8-6-14/h3-10H,11-12H2,1-2H3,(H2,18,19,20). The molecule has 0 fully saturated rings. The molecule has 0 aliphatic carbocycles. The summed E-state index contributed by atoms with van der Waals surface area (Å²) in [5, 5.41) is 2.54. The summed E-state index contributed by atoms with van der Waals surface area (Å²) in [5.74, 6) is 0.758. The Kier molecular flexibility index (Phi) is 5.81. The Morgan fingerprint density at radius 2 is 1.67 bits per heavy atom. The van der Waals surface area contributed by atoms with E-state index < -0.39 is 16.1 Å². The number of carbonyl (C=O) groups is 1. The highest BCUT2D eigenvalue weighted by molar-refractivity contribution is 7.90. The Morgan fingerprint density at radius 3 is 2.25 bits per heavy atom. The first-order valence-corrected chi connectivity index (χ1v) is 8.89. The molecule has 0 atom stereocenters. The second-order valence-electron chi connectivity index (χ2n) is 5.27. The van der Waals surface area contributed by atoms with Gasteiger partial charge in [-0.3, -0.25) is 0 Å². The quantitative estimate of drug-likeness (QED) is 0.838. The first-order valence-electron chi connectivity index (χ1n) is 7.41. The third kappa shape index (κ3) is 4.99. The van der Waals surface area contributed by atoms with Gasteiger partial charge in [0.15, 0.2) is 0 Å². The largest absolute Gasteiger partial charge is 0.497 e. The zero-order valence-electron chi connectivity index (χ0n) is 13.6. The third-order valence-electron chi connectivity index (χ3n) is 3.42. The first-order chi connectivity index (χ1) is 11.4. The van der Waals surface area contributed by atoms with Crippen LogP contribution >= 0.6 is 0 Å². The zero-order chi connectivity index (χ0) is 17.6. The van der Waals surface area contributed by atoms with Crippen molar-refractivity contribution in [2.75, 3.05) is 13.7 Å². The summed E-state index contributed by atoms with van der Waals surface area (Å²) < 4.78 is 31.2. The van der Waals surface area contributed by atoms with Gasteiger partial charge in [0.05, 0.1) is 12.0 Å². The number of carbonyl (C=O) groups excluding carboxylic acids is 1. The lowest BCUT2D eigenvalue weighted by Crippen LogP contribution is -2.40. The van der Waals surface area contributed by atoms with E-state index in [0.29, 0.717) is 13.0 Å². The molecule has 2 amide bonds. The van der Waals surface area contributed by atoms with E-state index in [2.05, 4.69) is 5.32 Å². The topological polar surface area (TPSA) is 84.5 Å². The molecule has 0 spiro atoms. The van der Waals surface area contributed by atoms with Crippen molar-refractivity contribution >= 4 is 16.1 Å². The number of amides is 2. The molecule has 24 heavy (non-hydrogen) atoms. The molecular weight excluding hydrogens is 328 g/mol. The van der Waals surface area contributed by atoms with Gasteiger partial charge in [-0.05, 0) is 43.2 Å². The average molecular weight is 348 g/mol. The summed E-state index contributed by atoms with van der Waals surface area (Å²) in [6, 6.07) is 13.0. The molecule has 128 valence electrons. The van der Waals surface area contributed by atoms with Crippen molar-refractivity contribution in [3.05, 3.63) is 59.7 Å². The molecule has 7 heteroatoms. The number of hydrogen-bond donors (Lipinski definition) is 2. The van der Waals surface area contributed by atoms with Gasteiger partial charge in [0, 0.05) is 6.54 Å². The van der Waals surface area contributed by atoms with Crippen LogP contribution in [-0.4, -0.2) is 28.1 Å². The summed E-state index contributed by atoms with van der Waals surface area (Å²) in [6.45, 7) is 2.18. The van der Waals surface area contributed by atoms with Crippen LogP contribution in [0.25, 0.3) is 0 Å². The predicted molar refractivity (Wildman–Crippen MR) is 91.6 cm³/mol. The Labute approximate surface area is 141 Å². The second-order valence-corrected chi connectivity index (χ2v) is 6.95. The van der Waals surface area contributed by atoms with Gasteiger partial charge in [-0.1, -0.05) is 29.8 Å². The van der Waals surface area contributed by atoms with E-state index >= 15 is 0 Å². The van der Waals surface area contributed by atoms with Gasteiger partial charge in [-0.2, -0.15) is 0 Å². The number of nitrogens with one attached hydrogen (secondary N) is 2. The van der Waals surface area contributed by atoms with Crippen LogP contribution in [0.5, 0.6) is 5.75 Å². The molecule has 0 aliphatic heterocycles. The maximum absolute atomic E-state index is 12.1. The predicted octanol–water partition coefficient (Wildman–Crippen LogP) is 2.23. The molecule has 2 N–H and O–H groups in total. The van der Waals surface area contributed by atoms with Crippen LogP contribution < -0.4 is 14.8 Å². The van der Waals surface area contributed by atoms with Crippen molar-refractivity contribution in [2.24, 2.45) is 0 Å². The number of aryl methyl sites for hydroxylation is 1. The lowest BCUT2D eigenvalue weighted by Gasteiger charge is -2.09. The molecular formula is C17H20N2O4S. The van der Waals surface area contributed by atoms with Gasteiger partial charge in [0.25, 0.3) is 10.0 Å². The number of methoxy groups -OCH3 is 1. The molecule has 0 bridgehead atoms. The minimum Gasteiger partial charge on any atom is -0.497 e. The van der Waals surface area contributed by atoms with Crippen molar-refractivity contribution in [3.63, 3.8) is 0 Å². The molecule has 0 saturated carbocycles. The summed E-state index contributed by atoms with van der Waals surface area (Å²) in [5.41, 5.74) is 1.95. The van der Waals surface area contributed by atoms with Crippen LogP contribution in [0.3, 0.4) is 0 Å². The highest BCUT2D eigenvalue weighted by Crippen LogP contribution is 2.11. The van der Waals surface area contributed by atoms with E-state index in [-0.39, 0.29) is 4.90 Å². The van der Waals surface area contributed by atoms with E-state index in [1.54, 1.807) is 19.2 Å². The number of rotatable bonds is 6. The highest BCUT2D eigenvalue weighted by atomic mass is 32.2. The van der Waals surface area contributed by atoms with Gasteiger partial charge in [-0.25, -0.2) is 17.9 Å². The monoisotopic (exact) mass is 348 g/mol. The van der Waals surface area contributed by atoms with E-state index in [4.69, 9.17) is 4.74 Å². The van der Waals surface area contributed by atoms with Crippen LogP contribution in [0, 0.1) is 6.92 Å². The van der Waals surface area contributed by atoms with Crippen LogP contribution in [-0.2, 0) is 16.4 Å². The van der Waals surface area contributed by atoms with Crippen LogP contribution in [0.1, 0.15) is 11.1 Å². The third-order valence-corrected chi connectivity index (χ3v) is 4.76. The van der Waals surface area contributed by atoms with E-state index in [0.717, 1.165) is 16.9 Å². The summed E-state index contributed by atoms with van der Waals surface area (Å²) >= 11 is 0. The van der Waals surface area contributed by atoms with Crippen LogP contribution in [0.4, 0.5) is 4.79 Å². The number of urea groups is 1. The first kappa shape index (κ1) is 17.8. The van der Waals surface area contributed by atoms with Crippen molar-refractivity contribution in [3.8, 4) is 5.75 Å². The molecule has 0 aromatic heterocycles. The highest BCUT2D eigenvalue weighted by Gasteiger charge is 2.16. The minimum absolute atomic E-state index is 0.0541. The van der Waals surface area contributed by atoms with Gasteiger partial charge in [-0.15, -0.1) is 0 Å². The summed E-state index contributed by atoms with van der Waals surface area (Å²) in [6.07, 6.45) is 0.585. The lowest BCUT2D eigenvalue weighted by atomic mass is 10.1. The molecule has 0 saturated heterocycles. The fraction of sp³-hybridized carbons (Fsp3) is 0.235. The second kappa shape index (κ2) is 7.83. The fourth-order valence-electron chi connectivity index (χ4n) is 2.05. The number of hydrogen-bond acceptors (Lipinski definition) is 4. The smallest absolute Gasteiger partial charge is 0.328 e. The van der Waals surface area contributed by atoms with Crippen LogP contribution in [0.15, 0.2) is 53.4 Å². The van der Waals surface area contributed by atoms with Crippen molar-refractivity contribution in [2.45, 2.75) is 18.2 Å². The lowest BCUT2D eigenvalue weighted by molar-refractivity contribution is 0.246. The molecule has 2 rings (SSSR count). The maximum Gasteiger partial charge on any atom is 0.328 e. The van der Waals surface area contributed by atoms with Crippen LogP contribution in [0.2, 0.25) is 0 Å². The van der Waals surface area contributed by atoms with Gasteiger partial charge >= 0.3 is 6.03 Å². The van der Waals surface area contributed by atoms with Gasteiger partial charge in [0.2, 0.25) is 0 Å². The molecule has 6 nitrogen and oxygen atoms in total. The SMILES string of the molecule is COc1ccc(CCNC(=O)NS(=O)(=O)c2ccc(C)cc2)cc1. The Morgan fingerprint density at radius 1 is 1.04 bits per heavy atom. The molecule has 2 aromatic rings. The fourth-order valence-corrected chi connectivity index (χ4v) is 2.98. The van der Waals surface area contributed by atoms with E-state index in [1.807, 2.05) is 35.9 Å². The Bertz CT molecular complexity index is 784. The zero-order valence-corrected chi connectivity index (χ0v) is 14.4. The molecule has 0 aliphatic rings. The van der Waals surface area contributed by atoms with E-state index in [1.165, 1.54) is 12.1 Å². The number of benzene rings is 2. The summed E-state index contributed by atoms with van der Waals surface area (Å²) in [4.78, 5) is 11.8. The van der Waals surface area contributed by atoms with E-state index in [9.17, 15) is 13.2 Å². The molecule has 0 unspecified atom stereocenters. The minimum atomic E-state index is -3.86. The summed E-state index contributed by atoms with van der Waals surface area (Å²) in [7, 11) is -2.27. The van der Waals surface area contributed by atoms with Crippen molar-refractivity contribution < 1.29 is 17.9 Å². The average Bonchev–Trinajstić information content (AvgIpc) is 2.55. The maximum atomic E-state index is 12.1. The molecule has 0 radical (unpaired) electrons. The van der Waals surface area contributed by atoms with Crippen molar-refractivity contribution in [1.29, 1.82) is 0 Å².